The molecule has 0 saturated carbocycles. The zero-order valence-corrected chi connectivity index (χ0v) is 28.7. The van der Waals surface area contributed by atoms with E-state index in [4.69, 9.17) is 9.47 Å². The van der Waals surface area contributed by atoms with Crippen LogP contribution in [0.3, 0.4) is 0 Å². The van der Waals surface area contributed by atoms with E-state index in [9.17, 15) is 14.2 Å². The molecule has 5 aromatic rings. The molecule has 1 aromatic heterocycles. The number of hydrogen-bond acceptors (Lipinski definition) is 7. The van der Waals surface area contributed by atoms with E-state index in [1.54, 1.807) is 37.7 Å². The van der Waals surface area contributed by atoms with Crippen molar-refractivity contribution in [2.75, 3.05) is 31.1 Å². The molecule has 2 heterocycles. The molecule has 1 aliphatic rings. The lowest BCUT2D eigenvalue weighted by Gasteiger charge is -2.25. The summed E-state index contributed by atoms with van der Waals surface area (Å²) in [5, 5.41) is 10.8. The maximum absolute atomic E-state index is 13.4. The lowest BCUT2D eigenvalue weighted by atomic mass is 9.86. The number of rotatable bonds is 8. The number of urea groups is 1. The van der Waals surface area contributed by atoms with E-state index in [1.165, 1.54) is 7.11 Å². The molecule has 0 aliphatic carbocycles. The first-order valence-corrected chi connectivity index (χ1v) is 18.2. The molecule has 0 saturated heterocycles. The van der Waals surface area contributed by atoms with Crippen LogP contribution in [0.15, 0.2) is 79.0 Å². The van der Waals surface area contributed by atoms with Crippen LogP contribution in [-0.2, 0) is 22.9 Å². The third-order valence-electron chi connectivity index (χ3n) is 8.22. The Morgan fingerprint density at radius 3 is 2.44 bits per heavy atom. The minimum Gasteiger partial charge on any atom is -0.494 e. The van der Waals surface area contributed by atoms with Gasteiger partial charge in [-0.25, -0.2) is 9.78 Å². The van der Waals surface area contributed by atoms with Gasteiger partial charge in [0.05, 0.1) is 23.8 Å². The summed E-state index contributed by atoms with van der Waals surface area (Å²) in [4.78, 5) is 34.6. The van der Waals surface area contributed by atoms with Crippen molar-refractivity contribution in [3.05, 3.63) is 107 Å². The molecular weight excluding hydrogens is 625 g/mol. The van der Waals surface area contributed by atoms with Gasteiger partial charge in [0.15, 0.2) is 5.75 Å². The van der Waals surface area contributed by atoms with E-state index in [0.29, 0.717) is 58.4 Å². The van der Waals surface area contributed by atoms with E-state index in [1.807, 2.05) is 54.6 Å². The lowest BCUT2D eigenvalue weighted by Crippen LogP contribution is -2.23. The van der Waals surface area contributed by atoms with Gasteiger partial charge in [-0.3, -0.25) is 4.79 Å². The Morgan fingerprint density at radius 2 is 1.71 bits per heavy atom. The van der Waals surface area contributed by atoms with Gasteiger partial charge in [0, 0.05) is 41.6 Å². The molecule has 0 atom stereocenters. The van der Waals surface area contributed by atoms with E-state index in [0.717, 1.165) is 27.5 Å². The summed E-state index contributed by atoms with van der Waals surface area (Å²) in [6, 6.07) is 21.9. The minimum absolute atomic E-state index is 0.0692. The SMILES string of the molecule is COc1c(NC(=O)Nc2ccc(Oc3ccnc(Cc4ccc5c(c4)C(=O)NC5)n3)c3ccccc23)cc(C(C)(C)C)cc1P(C)(C)=O. The molecule has 0 radical (unpaired) electrons. The molecule has 0 spiro atoms. The highest BCUT2D eigenvalue weighted by atomic mass is 31.2. The van der Waals surface area contributed by atoms with Gasteiger partial charge in [-0.05, 0) is 65.8 Å². The van der Waals surface area contributed by atoms with E-state index in [2.05, 4.69) is 46.7 Å². The van der Waals surface area contributed by atoms with Gasteiger partial charge in [0.2, 0.25) is 5.88 Å². The first-order valence-electron chi connectivity index (χ1n) is 15.6. The molecule has 6 rings (SSSR count). The van der Waals surface area contributed by atoms with Crippen LogP contribution in [0.5, 0.6) is 17.4 Å². The Bertz CT molecular complexity index is 2120. The van der Waals surface area contributed by atoms with Gasteiger partial charge < -0.3 is 30.0 Å². The smallest absolute Gasteiger partial charge is 0.323 e. The Morgan fingerprint density at radius 1 is 0.958 bits per heavy atom. The summed E-state index contributed by atoms with van der Waals surface area (Å²) in [6.45, 7) is 10.1. The number of fused-ring (bicyclic) bond motifs is 2. The molecule has 0 fully saturated rings. The average molecular weight is 664 g/mol. The van der Waals surface area contributed by atoms with Gasteiger partial charge in [-0.1, -0.05) is 57.2 Å². The lowest BCUT2D eigenvalue weighted by molar-refractivity contribution is 0.0965. The maximum atomic E-state index is 13.4. The monoisotopic (exact) mass is 663 g/mol. The quantitative estimate of drug-likeness (QED) is 0.147. The fraction of sp³-hybridized carbons (Fsp3) is 0.243. The van der Waals surface area contributed by atoms with Crippen LogP contribution in [0.1, 0.15) is 53.6 Å². The first kappa shape index (κ1) is 32.7. The fourth-order valence-corrected chi connectivity index (χ4v) is 6.84. The third-order valence-corrected chi connectivity index (χ3v) is 9.71. The summed E-state index contributed by atoms with van der Waals surface area (Å²) < 4.78 is 25.1. The predicted octanol–water partition coefficient (Wildman–Crippen LogP) is 7.45. The van der Waals surface area contributed by atoms with Crippen LogP contribution in [0, 0.1) is 0 Å². The van der Waals surface area contributed by atoms with Crippen molar-refractivity contribution >= 4 is 46.5 Å². The van der Waals surface area contributed by atoms with Crippen LogP contribution < -0.4 is 30.7 Å². The van der Waals surface area contributed by atoms with Crippen molar-refractivity contribution < 1.29 is 23.6 Å². The molecule has 3 N–H and O–H groups in total. The van der Waals surface area contributed by atoms with Gasteiger partial charge in [0.1, 0.15) is 18.7 Å². The number of carbonyl (C=O) groups excluding carboxylic acids is 2. The average Bonchev–Trinajstić information content (AvgIpc) is 3.40. The van der Waals surface area contributed by atoms with Crippen LogP contribution in [0.2, 0.25) is 0 Å². The number of anilines is 2. The van der Waals surface area contributed by atoms with Gasteiger partial charge in [-0.15, -0.1) is 0 Å². The second-order valence-electron chi connectivity index (χ2n) is 13.2. The number of carbonyl (C=O) groups is 2. The molecule has 0 unspecified atom stereocenters. The molecule has 48 heavy (non-hydrogen) atoms. The molecule has 0 bridgehead atoms. The number of nitrogens with zero attached hydrogens (tertiary/aromatic N) is 2. The molecular formula is C37H38N5O5P. The Hall–Kier alpha value is -5.21. The van der Waals surface area contributed by atoms with E-state index >= 15 is 0 Å². The second kappa shape index (κ2) is 12.8. The third kappa shape index (κ3) is 6.89. The van der Waals surface area contributed by atoms with Crippen molar-refractivity contribution in [2.24, 2.45) is 0 Å². The summed E-state index contributed by atoms with van der Waals surface area (Å²) in [5.41, 5.74) is 4.28. The number of nitrogens with one attached hydrogen (secondary N) is 3. The second-order valence-corrected chi connectivity index (χ2v) is 16.4. The fourth-order valence-electron chi connectivity index (χ4n) is 5.69. The van der Waals surface area contributed by atoms with Gasteiger partial charge in [-0.2, -0.15) is 4.98 Å². The largest absolute Gasteiger partial charge is 0.494 e. The number of aromatic nitrogens is 2. The molecule has 3 amide bonds. The summed E-state index contributed by atoms with van der Waals surface area (Å²) >= 11 is 0. The Balaban J connectivity index is 1.24. The highest BCUT2D eigenvalue weighted by Crippen LogP contribution is 2.43. The van der Waals surface area contributed by atoms with Gasteiger partial charge >= 0.3 is 6.03 Å². The number of methoxy groups -OCH3 is 1. The molecule has 246 valence electrons. The van der Waals surface area contributed by atoms with Crippen LogP contribution in [0.4, 0.5) is 16.2 Å². The molecule has 4 aromatic carbocycles. The number of benzene rings is 4. The standard InChI is InChI=1S/C37H38N5O5P/c1-37(2,3)24-19-29(34(46-4)31(20-24)48(5,6)45)41-36(44)40-28-13-14-30(26-10-8-7-9-25(26)28)47-33-15-16-38-32(42-33)18-22-11-12-23-21-39-35(43)27(23)17-22/h7-17,19-20H,18,21H2,1-6H3,(H,39,43)(H2,40,41,44). The minimum atomic E-state index is -2.73. The topological polar surface area (TPSA) is 132 Å². The molecule has 1 aliphatic heterocycles. The zero-order chi connectivity index (χ0) is 34.2. The van der Waals surface area contributed by atoms with Gasteiger partial charge in [0.25, 0.3) is 5.91 Å². The summed E-state index contributed by atoms with van der Waals surface area (Å²) in [6.07, 6.45) is 2.08. The van der Waals surface area contributed by atoms with Crippen molar-refractivity contribution in [3.8, 4) is 17.4 Å². The summed E-state index contributed by atoms with van der Waals surface area (Å²) in [7, 11) is -1.23. The van der Waals surface area contributed by atoms with Crippen molar-refractivity contribution in [3.63, 3.8) is 0 Å². The normalized spacial score (nSPS) is 12.8. The molecule has 11 heteroatoms. The van der Waals surface area contributed by atoms with Crippen LogP contribution >= 0.6 is 7.14 Å². The van der Waals surface area contributed by atoms with Crippen molar-refractivity contribution in [1.82, 2.24) is 15.3 Å². The summed E-state index contributed by atoms with van der Waals surface area (Å²) in [5.74, 6) is 1.79. The zero-order valence-electron chi connectivity index (χ0n) is 27.8. The van der Waals surface area contributed by atoms with Crippen LogP contribution in [0.25, 0.3) is 10.8 Å². The van der Waals surface area contributed by atoms with Crippen molar-refractivity contribution in [2.45, 2.75) is 39.2 Å². The Labute approximate surface area is 279 Å². The first-order chi connectivity index (χ1) is 22.8. The molecule has 10 nitrogen and oxygen atoms in total. The predicted molar refractivity (Wildman–Crippen MR) is 190 cm³/mol. The number of hydrogen-bond donors (Lipinski definition) is 3. The van der Waals surface area contributed by atoms with Crippen LogP contribution in [-0.4, -0.2) is 42.3 Å². The number of ether oxygens (including phenoxy) is 2. The highest BCUT2D eigenvalue weighted by Gasteiger charge is 2.26. The Kier molecular flexibility index (Phi) is 8.70. The number of amides is 3. The maximum Gasteiger partial charge on any atom is 0.323 e. The van der Waals surface area contributed by atoms with E-state index in [-0.39, 0.29) is 11.3 Å². The highest BCUT2D eigenvalue weighted by molar-refractivity contribution is 7.70. The van der Waals surface area contributed by atoms with E-state index < -0.39 is 13.2 Å². The van der Waals surface area contributed by atoms with Crippen molar-refractivity contribution in [1.29, 1.82) is 0 Å².